The van der Waals surface area contributed by atoms with Crippen LogP contribution in [0.1, 0.15) is 45.2 Å². The van der Waals surface area contributed by atoms with E-state index >= 15 is 0 Å². The quantitative estimate of drug-likeness (QED) is 0.783. The molecule has 0 atom stereocenters. The first-order valence-corrected chi connectivity index (χ1v) is 7.52. The monoisotopic (exact) mass is 279 g/mol. The molecule has 1 heterocycles. The van der Waals surface area contributed by atoms with E-state index in [1.165, 1.54) is 12.8 Å². The van der Waals surface area contributed by atoms with Crippen molar-refractivity contribution in [2.24, 2.45) is 5.92 Å². The van der Waals surface area contributed by atoms with Gasteiger partial charge in [-0.2, -0.15) is 0 Å². The molecule has 0 bridgehead atoms. The summed E-state index contributed by atoms with van der Waals surface area (Å²) in [5.41, 5.74) is 0.874. The molecule has 2 rings (SSSR count). The molecule has 0 aliphatic heterocycles. The zero-order chi connectivity index (χ0) is 14.4. The van der Waals surface area contributed by atoms with Gasteiger partial charge in [0.2, 0.25) is 5.91 Å². The summed E-state index contributed by atoms with van der Waals surface area (Å²) >= 11 is 0. The first-order valence-electron chi connectivity index (χ1n) is 7.52. The van der Waals surface area contributed by atoms with Crippen molar-refractivity contribution in [1.29, 1.82) is 0 Å². The molecule has 1 amide bonds. The maximum Gasteiger partial charge on any atom is 0.242 e. The first-order chi connectivity index (χ1) is 9.63. The predicted molar refractivity (Wildman–Crippen MR) is 77.0 cm³/mol. The molecular formula is C14H25N5O. The van der Waals surface area contributed by atoms with Gasteiger partial charge < -0.3 is 10.6 Å². The van der Waals surface area contributed by atoms with Gasteiger partial charge in [0.1, 0.15) is 6.54 Å². The molecule has 6 nitrogen and oxygen atoms in total. The van der Waals surface area contributed by atoms with Gasteiger partial charge in [-0.25, -0.2) is 4.68 Å². The first kappa shape index (κ1) is 15.0. The van der Waals surface area contributed by atoms with E-state index in [0.29, 0.717) is 18.5 Å². The molecule has 0 radical (unpaired) electrons. The second kappa shape index (κ2) is 7.38. The van der Waals surface area contributed by atoms with E-state index in [1.807, 2.05) is 6.20 Å². The molecule has 1 aromatic heterocycles. The Hall–Kier alpha value is -1.43. The van der Waals surface area contributed by atoms with Gasteiger partial charge in [-0.3, -0.25) is 4.79 Å². The van der Waals surface area contributed by atoms with Crippen LogP contribution in [0.2, 0.25) is 0 Å². The van der Waals surface area contributed by atoms with Crippen LogP contribution in [0.5, 0.6) is 0 Å². The Kier molecular flexibility index (Phi) is 5.52. The van der Waals surface area contributed by atoms with E-state index < -0.39 is 0 Å². The Labute approximate surface area is 120 Å². The van der Waals surface area contributed by atoms with Crippen LogP contribution in [0.3, 0.4) is 0 Å². The molecule has 20 heavy (non-hydrogen) atoms. The van der Waals surface area contributed by atoms with E-state index in [-0.39, 0.29) is 12.5 Å². The highest BCUT2D eigenvalue weighted by molar-refractivity contribution is 5.75. The summed E-state index contributed by atoms with van der Waals surface area (Å²) in [6.45, 7) is 6.24. The van der Waals surface area contributed by atoms with Crippen LogP contribution in [-0.4, -0.2) is 33.5 Å². The lowest BCUT2D eigenvalue weighted by molar-refractivity contribution is -0.122. The fourth-order valence-corrected chi connectivity index (χ4v) is 2.48. The van der Waals surface area contributed by atoms with Crippen LogP contribution in [0.15, 0.2) is 6.20 Å². The van der Waals surface area contributed by atoms with Gasteiger partial charge in [0, 0.05) is 12.6 Å². The number of nitrogens with one attached hydrogen (secondary N) is 2. The van der Waals surface area contributed by atoms with E-state index in [1.54, 1.807) is 4.68 Å². The number of carbonyl (C=O) groups is 1. The van der Waals surface area contributed by atoms with Crippen LogP contribution < -0.4 is 10.6 Å². The Morgan fingerprint density at radius 3 is 2.90 bits per heavy atom. The lowest BCUT2D eigenvalue weighted by atomic mass is 10.2. The summed E-state index contributed by atoms with van der Waals surface area (Å²) in [7, 11) is 0. The Bertz CT molecular complexity index is 423. The molecule has 1 aromatic rings. The molecule has 0 aromatic carbocycles. The normalized spacial score (nSPS) is 15.9. The number of nitrogens with zero attached hydrogens (tertiary/aromatic N) is 3. The van der Waals surface area contributed by atoms with Crippen molar-refractivity contribution in [3.8, 4) is 0 Å². The topological polar surface area (TPSA) is 71.8 Å². The zero-order valence-electron chi connectivity index (χ0n) is 12.4. The number of rotatable bonds is 7. The molecule has 1 aliphatic rings. The predicted octanol–water partition coefficient (Wildman–Crippen LogP) is 1.08. The Morgan fingerprint density at radius 1 is 1.45 bits per heavy atom. The van der Waals surface area contributed by atoms with Crippen molar-refractivity contribution in [1.82, 2.24) is 25.6 Å². The Balaban J connectivity index is 1.72. The smallest absolute Gasteiger partial charge is 0.242 e. The molecule has 2 N–H and O–H groups in total. The largest absolute Gasteiger partial charge is 0.352 e. The Morgan fingerprint density at radius 2 is 2.20 bits per heavy atom. The van der Waals surface area contributed by atoms with Crippen molar-refractivity contribution >= 4 is 5.91 Å². The maximum absolute atomic E-state index is 11.9. The standard InChI is InChI=1S/C14H25N5O/c1-11(2)7-15-8-13-9-19(18-17-13)10-14(20)16-12-5-3-4-6-12/h9,11-12,15H,3-8,10H2,1-2H3,(H,16,20). The number of amides is 1. The van der Waals surface area contributed by atoms with Gasteiger partial charge in [-0.05, 0) is 25.3 Å². The van der Waals surface area contributed by atoms with Gasteiger partial charge >= 0.3 is 0 Å². The number of carbonyl (C=O) groups excluding carboxylic acids is 1. The minimum atomic E-state index is 0.0310. The molecule has 112 valence electrons. The molecule has 1 saturated carbocycles. The molecule has 6 heteroatoms. The van der Waals surface area contributed by atoms with E-state index in [0.717, 1.165) is 25.1 Å². The van der Waals surface area contributed by atoms with Gasteiger partial charge in [-0.1, -0.05) is 31.9 Å². The van der Waals surface area contributed by atoms with Gasteiger partial charge in [0.15, 0.2) is 0 Å². The summed E-state index contributed by atoms with van der Waals surface area (Å²) in [4.78, 5) is 11.9. The lowest BCUT2D eigenvalue weighted by Gasteiger charge is -2.11. The lowest BCUT2D eigenvalue weighted by Crippen LogP contribution is -2.35. The van der Waals surface area contributed by atoms with E-state index in [2.05, 4.69) is 34.8 Å². The third-order valence-electron chi connectivity index (χ3n) is 3.47. The highest BCUT2D eigenvalue weighted by atomic mass is 16.2. The highest BCUT2D eigenvalue weighted by Gasteiger charge is 2.17. The van der Waals surface area contributed by atoms with Gasteiger partial charge in [0.25, 0.3) is 0 Å². The zero-order valence-corrected chi connectivity index (χ0v) is 12.4. The third-order valence-corrected chi connectivity index (χ3v) is 3.47. The van der Waals surface area contributed by atoms with Crippen molar-refractivity contribution in [3.63, 3.8) is 0 Å². The minimum absolute atomic E-state index is 0.0310. The highest BCUT2D eigenvalue weighted by Crippen LogP contribution is 2.17. The molecular weight excluding hydrogens is 254 g/mol. The van der Waals surface area contributed by atoms with Crippen molar-refractivity contribution in [2.45, 2.75) is 58.7 Å². The number of hydrogen-bond donors (Lipinski definition) is 2. The average Bonchev–Trinajstić information content (AvgIpc) is 3.01. The fourth-order valence-electron chi connectivity index (χ4n) is 2.48. The summed E-state index contributed by atoms with van der Waals surface area (Å²) in [5.74, 6) is 0.644. The molecule has 1 fully saturated rings. The summed E-state index contributed by atoms with van der Waals surface area (Å²) in [6, 6.07) is 0.359. The summed E-state index contributed by atoms with van der Waals surface area (Å²) < 4.78 is 1.61. The van der Waals surface area contributed by atoms with Crippen LogP contribution >= 0.6 is 0 Å². The summed E-state index contributed by atoms with van der Waals surface area (Å²) in [5, 5.41) is 14.4. The van der Waals surface area contributed by atoms with Crippen LogP contribution in [-0.2, 0) is 17.9 Å². The SMILES string of the molecule is CC(C)CNCc1cn(CC(=O)NC2CCCC2)nn1. The van der Waals surface area contributed by atoms with Crippen molar-refractivity contribution in [2.75, 3.05) is 6.54 Å². The maximum atomic E-state index is 11.9. The number of hydrogen-bond acceptors (Lipinski definition) is 4. The average molecular weight is 279 g/mol. The minimum Gasteiger partial charge on any atom is -0.352 e. The van der Waals surface area contributed by atoms with Gasteiger partial charge in [-0.15, -0.1) is 5.10 Å². The second-order valence-corrected chi connectivity index (χ2v) is 5.98. The molecule has 0 unspecified atom stereocenters. The van der Waals surface area contributed by atoms with Gasteiger partial charge in [0.05, 0.1) is 11.9 Å². The second-order valence-electron chi connectivity index (χ2n) is 5.98. The van der Waals surface area contributed by atoms with Crippen molar-refractivity contribution in [3.05, 3.63) is 11.9 Å². The number of aromatic nitrogens is 3. The molecule has 0 saturated heterocycles. The van der Waals surface area contributed by atoms with Crippen LogP contribution in [0, 0.1) is 5.92 Å². The molecule has 0 spiro atoms. The van der Waals surface area contributed by atoms with E-state index in [4.69, 9.17) is 0 Å². The third kappa shape index (κ3) is 4.92. The summed E-state index contributed by atoms with van der Waals surface area (Å²) in [6.07, 6.45) is 6.49. The fraction of sp³-hybridized carbons (Fsp3) is 0.786. The molecule has 1 aliphatic carbocycles. The van der Waals surface area contributed by atoms with Crippen LogP contribution in [0.4, 0.5) is 0 Å². The van der Waals surface area contributed by atoms with Crippen LogP contribution in [0.25, 0.3) is 0 Å². The van der Waals surface area contributed by atoms with E-state index in [9.17, 15) is 4.79 Å². The van der Waals surface area contributed by atoms with Crippen molar-refractivity contribution < 1.29 is 4.79 Å².